The molecule has 5 nitrogen and oxygen atoms in total. The number of carbonyl (C=O) groups excluding carboxylic acids is 2. The van der Waals surface area contributed by atoms with Crippen molar-refractivity contribution in [2.45, 2.75) is 58.2 Å². The summed E-state index contributed by atoms with van der Waals surface area (Å²) in [5.41, 5.74) is -0.848. The molecule has 0 radical (unpaired) electrons. The molecule has 0 spiro atoms. The fraction of sp³-hybridized carbons (Fsp3) is 0.857. The van der Waals surface area contributed by atoms with E-state index in [0.717, 1.165) is 12.8 Å². The summed E-state index contributed by atoms with van der Waals surface area (Å²) in [4.78, 5) is 26.9. The van der Waals surface area contributed by atoms with Crippen LogP contribution in [0.25, 0.3) is 0 Å². The Balaban J connectivity index is 2.30. The maximum atomic E-state index is 12.7. The number of amides is 2. The topological polar surface area (TPSA) is 66.5 Å². The molecule has 1 N–H and O–H groups in total. The zero-order chi connectivity index (χ0) is 15.1. The van der Waals surface area contributed by atoms with Crippen molar-refractivity contribution >= 4 is 22.6 Å². The van der Waals surface area contributed by atoms with Crippen LogP contribution >= 0.6 is 0 Å². The average Bonchev–Trinajstić information content (AvgIpc) is 2.33. The minimum Gasteiger partial charge on any atom is -0.340 e. The molecule has 2 saturated heterocycles. The Morgan fingerprint density at radius 2 is 1.80 bits per heavy atom. The van der Waals surface area contributed by atoms with Gasteiger partial charge in [0.25, 0.3) is 0 Å². The van der Waals surface area contributed by atoms with Gasteiger partial charge in [-0.15, -0.1) is 0 Å². The van der Waals surface area contributed by atoms with Crippen LogP contribution in [0.15, 0.2) is 0 Å². The van der Waals surface area contributed by atoms with Crippen LogP contribution < -0.4 is 5.32 Å². The van der Waals surface area contributed by atoms with E-state index in [9.17, 15) is 13.8 Å². The van der Waals surface area contributed by atoms with E-state index in [2.05, 4.69) is 5.32 Å². The van der Waals surface area contributed by atoms with E-state index in [-0.39, 0.29) is 23.8 Å². The third-order valence-corrected chi connectivity index (χ3v) is 5.54. The van der Waals surface area contributed by atoms with Crippen molar-refractivity contribution in [3.63, 3.8) is 0 Å². The van der Waals surface area contributed by atoms with E-state index >= 15 is 0 Å². The molecule has 0 saturated carbocycles. The molecule has 0 aromatic heterocycles. The van der Waals surface area contributed by atoms with Crippen LogP contribution in [0.1, 0.15) is 40.5 Å². The van der Waals surface area contributed by atoms with E-state index in [1.54, 1.807) is 18.7 Å². The van der Waals surface area contributed by atoms with Crippen molar-refractivity contribution in [1.29, 1.82) is 0 Å². The normalized spacial score (nSPS) is 34.2. The summed E-state index contributed by atoms with van der Waals surface area (Å²) < 4.78 is 11.5. The zero-order valence-electron chi connectivity index (χ0n) is 12.6. The second kappa shape index (κ2) is 5.47. The molecule has 0 aromatic rings. The average molecular weight is 300 g/mol. The lowest BCUT2D eigenvalue weighted by molar-refractivity contribution is -0.158. The van der Waals surface area contributed by atoms with Gasteiger partial charge in [-0.3, -0.25) is 13.8 Å². The lowest BCUT2D eigenvalue weighted by Gasteiger charge is -2.48. The van der Waals surface area contributed by atoms with Crippen molar-refractivity contribution < 1.29 is 13.8 Å². The van der Waals surface area contributed by atoms with E-state index in [4.69, 9.17) is 0 Å². The van der Waals surface area contributed by atoms with Gasteiger partial charge < -0.3 is 10.2 Å². The second-order valence-corrected chi connectivity index (χ2v) is 8.29. The smallest absolute Gasteiger partial charge is 0.248 e. The highest BCUT2D eigenvalue weighted by Gasteiger charge is 2.49. The number of carbonyl (C=O) groups is 2. The number of rotatable bonds is 2. The summed E-state index contributed by atoms with van der Waals surface area (Å²) in [7, 11) is -0.765. The highest BCUT2D eigenvalue weighted by Crippen LogP contribution is 2.29. The molecule has 114 valence electrons. The van der Waals surface area contributed by atoms with Gasteiger partial charge in [0.15, 0.2) is 0 Å². The fourth-order valence-electron chi connectivity index (χ4n) is 3.09. The third kappa shape index (κ3) is 2.75. The van der Waals surface area contributed by atoms with Crippen molar-refractivity contribution in [1.82, 2.24) is 10.2 Å². The van der Waals surface area contributed by atoms with Gasteiger partial charge in [-0.05, 0) is 32.6 Å². The third-order valence-electron chi connectivity index (χ3n) is 4.16. The Hall–Kier alpha value is -0.910. The summed E-state index contributed by atoms with van der Waals surface area (Å²) in [6.45, 7) is 7.42. The molecule has 2 aliphatic heterocycles. The van der Waals surface area contributed by atoms with Crippen LogP contribution in [-0.2, 0) is 20.4 Å². The first kappa shape index (κ1) is 15.5. The van der Waals surface area contributed by atoms with Crippen molar-refractivity contribution in [2.24, 2.45) is 5.92 Å². The van der Waals surface area contributed by atoms with Gasteiger partial charge in [-0.1, -0.05) is 13.8 Å². The van der Waals surface area contributed by atoms with Crippen LogP contribution in [0, 0.1) is 5.92 Å². The number of nitrogens with one attached hydrogen (secondary N) is 1. The second-order valence-electron chi connectivity index (χ2n) is 6.59. The minimum atomic E-state index is -0.848. The Morgan fingerprint density at radius 3 is 2.30 bits per heavy atom. The van der Waals surface area contributed by atoms with Crippen LogP contribution in [0.2, 0.25) is 0 Å². The van der Waals surface area contributed by atoms with Crippen LogP contribution in [0.4, 0.5) is 0 Å². The molecular formula is C14H24N2O3S. The Labute approximate surface area is 122 Å². The van der Waals surface area contributed by atoms with Crippen molar-refractivity contribution in [2.75, 3.05) is 11.5 Å². The minimum absolute atomic E-state index is 0.0199. The molecule has 2 aliphatic rings. The molecule has 2 amide bonds. The lowest BCUT2D eigenvalue weighted by Crippen LogP contribution is -2.71. The van der Waals surface area contributed by atoms with Gasteiger partial charge in [0.2, 0.25) is 11.8 Å². The molecule has 1 atom stereocenters. The van der Waals surface area contributed by atoms with Gasteiger partial charge in [-0.25, -0.2) is 0 Å². The highest BCUT2D eigenvalue weighted by molar-refractivity contribution is 7.85. The first-order valence-corrected chi connectivity index (χ1v) is 8.72. The van der Waals surface area contributed by atoms with E-state index in [1.807, 2.05) is 13.8 Å². The van der Waals surface area contributed by atoms with Gasteiger partial charge in [0.05, 0.1) is 0 Å². The highest BCUT2D eigenvalue weighted by atomic mass is 32.2. The number of nitrogens with zero attached hydrogens (tertiary/aromatic N) is 1. The quantitative estimate of drug-likeness (QED) is 0.814. The number of piperazine rings is 1. The molecule has 2 heterocycles. The molecule has 2 rings (SSSR count). The van der Waals surface area contributed by atoms with Crippen LogP contribution in [0.3, 0.4) is 0 Å². The Bertz CT molecular complexity index is 438. The number of hydrogen-bond acceptors (Lipinski definition) is 3. The molecule has 20 heavy (non-hydrogen) atoms. The Kier molecular flexibility index (Phi) is 4.23. The largest absolute Gasteiger partial charge is 0.340 e. The molecule has 0 aliphatic carbocycles. The predicted molar refractivity (Wildman–Crippen MR) is 78.6 cm³/mol. The van der Waals surface area contributed by atoms with Gasteiger partial charge in [0, 0.05) is 28.3 Å². The summed E-state index contributed by atoms with van der Waals surface area (Å²) in [6.07, 6.45) is 1.45. The first-order chi connectivity index (χ1) is 9.24. The molecule has 0 bridgehead atoms. The van der Waals surface area contributed by atoms with E-state index in [1.165, 1.54) is 0 Å². The van der Waals surface area contributed by atoms with E-state index < -0.39 is 22.4 Å². The first-order valence-electron chi connectivity index (χ1n) is 7.24. The summed E-state index contributed by atoms with van der Waals surface area (Å²) >= 11 is 0. The summed E-state index contributed by atoms with van der Waals surface area (Å²) in [5.74, 6) is 1.23. The van der Waals surface area contributed by atoms with Crippen LogP contribution in [0.5, 0.6) is 0 Å². The SMILES string of the molecule is CC(C)C1C(=O)NC(C)(C)C(=O)N1C1CCS(=O)CC1. The van der Waals surface area contributed by atoms with E-state index in [0.29, 0.717) is 11.5 Å². The fourth-order valence-corrected chi connectivity index (χ4v) is 4.36. The summed E-state index contributed by atoms with van der Waals surface area (Å²) in [5, 5.41) is 2.82. The Morgan fingerprint density at radius 1 is 1.25 bits per heavy atom. The lowest BCUT2D eigenvalue weighted by atomic mass is 9.89. The van der Waals surface area contributed by atoms with Gasteiger partial charge >= 0.3 is 0 Å². The summed E-state index contributed by atoms with van der Waals surface area (Å²) in [6, 6.07) is -0.370. The van der Waals surface area contributed by atoms with Gasteiger partial charge in [-0.2, -0.15) is 0 Å². The molecular weight excluding hydrogens is 276 g/mol. The van der Waals surface area contributed by atoms with Crippen LogP contribution in [-0.4, -0.2) is 50.1 Å². The van der Waals surface area contributed by atoms with Gasteiger partial charge in [0.1, 0.15) is 11.6 Å². The maximum Gasteiger partial charge on any atom is 0.248 e. The van der Waals surface area contributed by atoms with Crippen molar-refractivity contribution in [3.8, 4) is 0 Å². The molecule has 6 heteroatoms. The number of hydrogen-bond donors (Lipinski definition) is 1. The predicted octanol–water partition coefficient (Wildman–Crippen LogP) is 0.659. The molecule has 1 unspecified atom stereocenters. The molecule has 0 aromatic carbocycles. The maximum absolute atomic E-state index is 12.7. The molecule has 2 fully saturated rings. The van der Waals surface area contributed by atoms with Crippen molar-refractivity contribution in [3.05, 3.63) is 0 Å². The standard InChI is InChI=1S/C14H24N2O3S/c1-9(2)11-12(17)15-14(3,4)13(18)16(11)10-5-7-20(19)8-6-10/h9-11H,5-8H2,1-4H3,(H,15,17). The monoisotopic (exact) mass is 300 g/mol. The zero-order valence-corrected chi connectivity index (χ0v) is 13.5.